The smallest absolute Gasteiger partial charge is 0.244 e. The van der Waals surface area contributed by atoms with Gasteiger partial charge in [-0.05, 0) is 13.3 Å². The summed E-state index contributed by atoms with van der Waals surface area (Å²) in [5.74, 6) is 1.30. The van der Waals surface area contributed by atoms with Gasteiger partial charge in [0, 0.05) is 37.8 Å². The van der Waals surface area contributed by atoms with Crippen LogP contribution in [0.15, 0.2) is 34.9 Å². The molecule has 6 heteroatoms. The van der Waals surface area contributed by atoms with Crippen LogP contribution in [0, 0.1) is 0 Å². The van der Waals surface area contributed by atoms with Crippen molar-refractivity contribution in [3.05, 3.63) is 36.2 Å². The average Bonchev–Trinajstić information content (AvgIpc) is 3.14. The van der Waals surface area contributed by atoms with E-state index in [4.69, 9.17) is 4.52 Å². The van der Waals surface area contributed by atoms with E-state index in [2.05, 4.69) is 33.8 Å². The highest BCUT2D eigenvalue weighted by molar-refractivity contribution is 5.53. The Morgan fingerprint density at radius 1 is 1.12 bits per heavy atom. The molecule has 0 aliphatic carbocycles. The van der Waals surface area contributed by atoms with Crippen LogP contribution in [0.5, 0.6) is 0 Å². The summed E-state index contributed by atoms with van der Waals surface area (Å²) < 4.78 is 5.49. The molecule has 2 aromatic rings. The minimum atomic E-state index is 0.103. The fourth-order valence-electron chi connectivity index (χ4n) is 3.26. The molecule has 1 fully saturated rings. The lowest BCUT2D eigenvalue weighted by Gasteiger charge is -2.39. The van der Waals surface area contributed by atoms with Gasteiger partial charge in [0.15, 0.2) is 0 Å². The Labute approximate surface area is 143 Å². The van der Waals surface area contributed by atoms with Gasteiger partial charge in [0.2, 0.25) is 11.7 Å². The molecule has 6 nitrogen and oxygen atoms in total. The van der Waals surface area contributed by atoms with E-state index in [0.717, 1.165) is 38.2 Å². The van der Waals surface area contributed by atoms with E-state index in [9.17, 15) is 5.11 Å². The third-order valence-electron chi connectivity index (χ3n) is 4.93. The lowest BCUT2D eigenvalue weighted by atomic mass is 10.1. The van der Waals surface area contributed by atoms with Crippen molar-refractivity contribution in [1.29, 1.82) is 0 Å². The van der Waals surface area contributed by atoms with Crippen LogP contribution in [0.3, 0.4) is 0 Å². The van der Waals surface area contributed by atoms with Gasteiger partial charge in [-0.15, -0.1) is 0 Å². The van der Waals surface area contributed by atoms with E-state index in [1.165, 1.54) is 0 Å². The summed E-state index contributed by atoms with van der Waals surface area (Å²) in [4.78, 5) is 9.30. The number of aliphatic hydroxyl groups excluding tert-OH is 1. The molecule has 1 aliphatic rings. The van der Waals surface area contributed by atoms with Crippen LogP contribution >= 0.6 is 0 Å². The number of aliphatic hydroxyl groups is 1. The molecule has 1 aromatic heterocycles. The number of piperazine rings is 1. The molecule has 130 valence electrons. The van der Waals surface area contributed by atoms with Crippen molar-refractivity contribution in [3.63, 3.8) is 0 Å². The molecular weight excluding hydrogens is 304 g/mol. The van der Waals surface area contributed by atoms with Crippen LogP contribution in [0.25, 0.3) is 11.4 Å². The van der Waals surface area contributed by atoms with Crippen molar-refractivity contribution in [2.24, 2.45) is 0 Å². The number of rotatable bonds is 6. The second kappa shape index (κ2) is 7.88. The minimum Gasteiger partial charge on any atom is -0.395 e. The summed E-state index contributed by atoms with van der Waals surface area (Å²) in [6.45, 7) is 8.28. The summed E-state index contributed by atoms with van der Waals surface area (Å²) in [6, 6.07) is 10.3. The zero-order valence-electron chi connectivity index (χ0n) is 14.4. The van der Waals surface area contributed by atoms with Gasteiger partial charge in [0.1, 0.15) is 0 Å². The largest absolute Gasteiger partial charge is 0.395 e. The van der Waals surface area contributed by atoms with Gasteiger partial charge in [-0.1, -0.05) is 42.4 Å². The fourth-order valence-corrected chi connectivity index (χ4v) is 3.26. The lowest BCUT2D eigenvalue weighted by molar-refractivity contribution is 0.0422. The van der Waals surface area contributed by atoms with Crippen LogP contribution in [0.4, 0.5) is 0 Å². The van der Waals surface area contributed by atoms with Gasteiger partial charge in [-0.25, -0.2) is 0 Å². The maximum absolute atomic E-state index is 9.45. The first-order valence-electron chi connectivity index (χ1n) is 8.71. The van der Waals surface area contributed by atoms with Crippen LogP contribution < -0.4 is 0 Å². The molecule has 24 heavy (non-hydrogen) atoms. The monoisotopic (exact) mass is 330 g/mol. The van der Waals surface area contributed by atoms with Crippen molar-refractivity contribution in [3.8, 4) is 11.4 Å². The summed E-state index contributed by atoms with van der Waals surface area (Å²) >= 11 is 0. The summed E-state index contributed by atoms with van der Waals surface area (Å²) in [5, 5.41) is 13.6. The van der Waals surface area contributed by atoms with Gasteiger partial charge >= 0.3 is 0 Å². The van der Waals surface area contributed by atoms with E-state index < -0.39 is 0 Å². The molecule has 3 rings (SSSR count). The van der Waals surface area contributed by atoms with Crippen molar-refractivity contribution < 1.29 is 9.63 Å². The second-order valence-corrected chi connectivity index (χ2v) is 6.31. The number of hydrogen-bond acceptors (Lipinski definition) is 6. The summed E-state index contributed by atoms with van der Waals surface area (Å²) in [7, 11) is 0. The minimum absolute atomic E-state index is 0.103. The molecule has 2 atom stereocenters. The number of nitrogens with zero attached hydrogens (tertiary/aromatic N) is 4. The molecule has 1 aromatic carbocycles. The Morgan fingerprint density at radius 2 is 1.79 bits per heavy atom. The first-order chi connectivity index (χ1) is 11.7. The first-order valence-corrected chi connectivity index (χ1v) is 8.71. The molecular formula is C18H26N4O2. The van der Waals surface area contributed by atoms with Gasteiger partial charge in [-0.2, -0.15) is 4.98 Å². The average molecular weight is 330 g/mol. The van der Waals surface area contributed by atoms with E-state index >= 15 is 0 Å². The molecule has 2 unspecified atom stereocenters. The maximum Gasteiger partial charge on any atom is 0.244 e. The second-order valence-electron chi connectivity index (χ2n) is 6.31. The Hall–Kier alpha value is -1.76. The highest BCUT2D eigenvalue weighted by atomic mass is 16.5. The molecule has 2 heterocycles. The molecule has 1 saturated heterocycles. The van der Waals surface area contributed by atoms with Crippen molar-refractivity contribution in [1.82, 2.24) is 19.9 Å². The van der Waals surface area contributed by atoms with Crippen molar-refractivity contribution in [2.75, 3.05) is 32.8 Å². The normalized spacial score (nSPS) is 19.3. The van der Waals surface area contributed by atoms with E-state index in [0.29, 0.717) is 11.7 Å². The van der Waals surface area contributed by atoms with Crippen LogP contribution in [0.2, 0.25) is 0 Å². The predicted molar refractivity (Wildman–Crippen MR) is 92.5 cm³/mol. The van der Waals surface area contributed by atoms with Gasteiger partial charge in [0.25, 0.3) is 0 Å². The van der Waals surface area contributed by atoms with Gasteiger partial charge < -0.3 is 9.63 Å². The van der Waals surface area contributed by atoms with Crippen molar-refractivity contribution >= 4 is 0 Å². The van der Waals surface area contributed by atoms with E-state index in [-0.39, 0.29) is 18.7 Å². The number of aromatic nitrogens is 2. The molecule has 0 bridgehead atoms. The third kappa shape index (κ3) is 3.66. The fraction of sp³-hybridized carbons (Fsp3) is 0.556. The first kappa shape index (κ1) is 17.1. The molecule has 0 saturated carbocycles. The molecule has 0 amide bonds. The highest BCUT2D eigenvalue weighted by Crippen LogP contribution is 2.23. The highest BCUT2D eigenvalue weighted by Gasteiger charge is 2.28. The Balaban J connectivity index is 1.62. The summed E-state index contributed by atoms with van der Waals surface area (Å²) in [5.41, 5.74) is 0.971. The molecule has 1 aliphatic heterocycles. The number of benzene rings is 1. The molecule has 0 spiro atoms. The zero-order chi connectivity index (χ0) is 16.9. The third-order valence-corrected chi connectivity index (χ3v) is 4.93. The zero-order valence-corrected chi connectivity index (χ0v) is 14.4. The molecule has 0 radical (unpaired) electrons. The van der Waals surface area contributed by atoms with E-state index in [1.54, 1.807) is 0 Å². The van der Waals surface area contributed by atoms with Crippen LogP contribution in [0.1, 0.15) is 32.2 Å². The van der Waals surface area contributed by atoms with Gasteiger partial charge in [0.05, 0.1) is 12.6 Å². The Morgan fingerprint density at radius 3 is 2.42 bits per heavy atom. The summed E-state index contributed by atoms with van der Waals surface area (Å²) in [6.07, 6.45) is 0.982. The quantitative estimate of drug-likeness (QED) is 0.876. The number of hydrogen-bond donors (Lipinski definition) is 1. The lowest BCUT2D eigenvalue weighted by Crippen LogP contribution is -2.51. The van der Waals surface area contributed by atoms with Crippen molar-refractivity contribution in [2.45, 2.75) is 32.4 Å². The van der Waals surface area contributed by atoms with Crippen LogP contribution in [-0.2, 0) is 0 Å². The van der Waals surface area contributed by atoms with E-state index in [1.807, 2.05) is 30.3 Å². The Kier molecular flexibility index (Phi) is 5.60. The predicted octanol–water partition coefficient (Wildman–Crippen LogP) is 2.19. The Bertz CT molecular complexity index is 619. The topological polar surface area (TPSA) is 65.6 Å². The standard InChI is InChI=1S/C18H26N4O2/c1-3-16(13-23)22-11-9-21(10-12-22)14(2)18-19-17(20-24-18)15-7-5-4-6-8-15/h4-8,14,16,23H,3,9-13H2,1-2H3. The maximum atomic E-state index is 9.45. The van der Waals surface area contributed by atoms with Crippen LogP contribution in [-0.4, -0.2) is 63.9 Å². The molecule has 1 N–H and O–H groups in total. The van der Waals surface area contributed by atoms with Gasteiger partial charge in [-0.3, -0.25) is 9.80 Å². The SMILES string of the molecule is CCC(CO)N1CCN(C(C)c2nc(-c3ccccc3)no2)CC1.